The molecular weight excluding hydrogens is 180 g/mol. The van der Waals surface area contributed by atoms with Crippen molar-refractivity contribution in [1.29, 1.82) is 0 Å². The van der Waals surface area contributed by atoms with E-state index >= 15 is 0 Å². The first-order chi connectivity index (χ1) is 6.86. The fourth-order valence-electron chi connectivity index (χ4n) is 2.04. The van der Waals surface area contributed by atoms with Crippen LogP contribution in [0.2, 0.25) is 0 Å². The predicted molar refractivity (Wildman–Crippen MR) is 53.0 cm³/mol. The summed E-state index contributed by atoms with van der Waals surface area (Å²) in [5.41, 5.74) is 0. The molecule has 1 amide bonds. The van der Waals surface area contributed by atoms with Crippen molar-refractivity contribution in [3.8, 4) is 0 Å². The van der Waals surface area contributed by atoms with Gasteiger partial charge in [0.2, 0.25) is 5.91 Å². The quantitative estimate of drug-likeness (QED) is 0.651. The molecule has 2 rings (SSSR count). The molecule has 0 bridgehead atoms. The maximum atomic E-state index is 11.7. The van der Waals surface area contributed by atoms with Crippen LogP contribution in [0.15, 0.2) is 0 Å². The molecule has 2 N–H and O–H groups in total. The van der Waals surface area contributed by atoms with Crippen LogP contribution >= 0.6 is 0 Å². The monoisotopic (exact) mass is 198 g/mol. The topological polar surface area (TPSA) is 50.4 Å². The van der Waals surface area contributed by atoms with E-state index in [-0.39, 0.29) is 11.8 Å². The van der Waals surface area contributed by atoms with Crippen LogP contribution in [-0.4, -0.2) is 38.3 Å². The van der Waals surface area contributed by atoms with Crippen molar-refractivity contribution in [2.75, 3.05) is 26.3 Å². The second-order valence-electron chi connectivity index (χ2n) is 4.11. The summed E-state index contributed by atoms with van der Waals surface area (Å²) in [6.07, 6.45) is 3.05. The number of amides is 1. The summed E-state index contributed by atoms with van der Waals surface area (Å²) in [6, 6.07) is 0.337. The van der Waals surface area contributed by atoms with Crippen molar-refractivity contribution in [3.05, 3.63) is 0 Å². The van der Waals surface area contributed by atoms with Crippen LogP contribution in [0.25, 0.3) is 0 Å². The number of ether oxygens (including phenoxy) is 1. The minimum absolute atomic E-state index is 0.0874. The lowest BCUT2D eigenvalue weighted by molar-refractivity contribution is -0.129. The second kappa shape index (κ2) is 4.75. The maximum absolute atomic E-state index is 11.7. The summed E-state index contributed by atoms with van der Waals surface area (Å²) < 4.78 is 5.29. The highest BCUT2D eigenvalue weighted by atomic mass is 16.5. The molecule has 2 aliphatic heterocycles. The number of rotatable bonds is 2. The molecule has 0 saturated carbocycles. The van der Waals surface area contributed by atoms with E-state index in [2.05, 4.69) is 10.6 Å². The van der Waals surface area contributed by atoms with Crippen LogP contribution < -0.4 is 10.6 Å². The molecular formula is C10H18N2O2. The molecule has 2 fully saturated rings. The molecule has 2 atom stereocenters. The van der Waals surface area contributed by atoms with E-state index in [9.17, 15) is 4.79 Å². The summed E-state index contributed by atoms with van der Waals surface area (Å²) in [5, 5.41) is 6.30. The molecule has 1 unspecified atom stereocenters. The minimum Gasteiger partial charge on any atom is -0.381 e. The van der Waals surface area contributed by atoms with Crippen molar-refractivity contribution in [3.63, 3.8) is 0 Å². The molecule has 2 saturated heterocycles. The van der Waals surface area contributed by atoms with Crippen LogP contribution in [0.4, 0.5) is 0 Å². The minimum atomic E-state index is 0.0874. The molecule has 80 valence electrons. The van der Waals surface area contributed by atoms with Crippen LogP contribution in [0, 0.1) is 5.92 Å². The van der Waals surface area contributed by atoms with Crippen LogP contribution in [0.1, 0.15) is 19.3 Å². The van der Waals surface area contributed by atoms with Gasteiger partial charge in [0.05, 0.1) is 12.5 Å². The normalized spacial score (nSPS) is 32.9. The lowest BCUT2D eigenvalue weighted by Crippen LogP contribution is -2.42. The highest BCUT2D eigenvalue weighted by Gasteiger charge is 2.24. The van der Waals surface area contributed by atoms with Gasteiger partial charge in [-0.25, -0.2) is 0 Å². The van der Waals surface area contributed by atoms with E-state index < -0.39 is 0 Å². The van der Waals surface area contributed by atoms with E-state index in [1.807, 2.05) is 0 Å². The number of hydrogen-bond acceptors (Lipinski definition) is 3. The molecule has 14 heavy (non-hydrogen) atoms. The summed E-state index contributed by atoms with van der Waals surface area (Å²) in [4.78, 5) is 11.7. The van der Waals surface area contributed by atoms with Gasteiger partial charge in [-0.2, -0.15) is 0 Å². The zero-order valence-electron chi connectivity index (χ0n) is 8.42. The summed E-state index contributed by atoms with van der Waals surface area (Å²) in [5.74, 6) is 0.266. The van der Waals surface area contributed by atoms with Crippen LogP contribution in [-0.2, 0) is 9.53 Å². The van der Waals surface area contributed by atoms with E-state index in [0.717, 1.165) is 39.0 Å². The van der Waals surface area contributed by atoms with Gasteiger partial charge in [-0.1, -0.05) is 0 Å². The van der Waals surface area contributed by atoms with Gasteiger partial charge in [0.15, 0.2) is 0 Å². The molecule has 4 heteroatoms. The predicted octanol–water partition coefficient (Wildman–Crippen LogP) is -0.109. The van der Waals surface area contributed by atoms with Crippen molar-refractivity contribution >= 4 is 5.91 Å². The molecule has 0 radical (unpaired) electrons. The molecule has 0 aliphatic carbocycles. The first-order valence-electron chi connectivity index (χ1n) is 5.45. The summed E-state index contributed by atoms with van der Waals surface area (Å²) >= 11 is 0. The zero-order valence-corrected chi connectivity index (χ0v) is 8.42. The Morgan fingerprint density at radius 2 is 2.36 bits per heavy atom. The van der Waals surface area contributed by atoms with Crippen molar-refractivity contribution in [2.45, 2.75) is 25.3 Å². The average molecular weight is 198 g/mol. The van der Waals surface area contributed by atoms with E-state index in [1.54, 1.807) is 0 Å². The Bertz CT molecular complexity index is 196. The summed E-state index contributed by atoms with van der Waals surface area (Å²) in [6.45, 7) is 3.35. The van der Waals surface area contributed by atoms with Crippen molar-refractivity contribution < 1.29 is 9.53 Å². The van der Waals surface area contributed by atoms with Gasteiger partial charge in [0, 0.05) is 19.2 Å². The van der Waals surface area contributed by atoms with E-state index in [4.69, 9.17) is 4.74 Å². The summed E-state index contributed by atoms with van der Waals surface area (Å²) in [7, 11) is 0. The molecule has 4 nitrogen and oxygen atoms in total. The number of nitrogens with one attached hydrogen (secondary N) is 2. The van der Waals surface area contributed by atoms with Gasteiger partial charge in [-0.3, -0.25) is 4.79 Å². The standard InChI is InChI=1S/C10H18N2O2/c13-10(8-2-1-5-14-7-8)12-9-3-4-11-6-9/h8-9,11H,1-7H2,(H,12,13)/t8?,9-/m1/s1. The first-order valence-corrected chi connectivity index (χ1v) is 5.45. The third-order valence-electron chi connectivity index (χ3n) is 2.94. The molecule has 0 aromatic heterocycles. The molecule has 0 spiro atoms. The average Bonchev–Trinajstić information content (AvgIpc) is 2.72. The van der Waals surface area contributed by atoms with Crippen LogP contribution in [0.5, 0.6) is 0 Å². The van der Waals surface area contributed by atoms with Crippen molar-refractivity contribution in [2.24, 2.45) is 5.92 Å². The Kier molecular flexibility index (Phi) is 3.37. The Morgan fingerprint density at radius 3 is 3.00 bits per heavy atom. The molecule has 2 aliphatic rings. The number of carbonyl (C=O) groups excluding carboxylic acids is 1. The highest BCUT2D eigenvalue weighted by molar-refractivity contribution is 5.79. The highest BCUT2D eigenvalue weighted by Crippen LogP contribution is 2.14. The Balaban J connectivity index is 1.75. The third-order valence-corrected chi connectivity index (χ3v) is 2.94. The van der Waals surface area contributed by atoms with E-state index in [1.165, 1.54) is 0 Å². The fraction of sp³-hybridized carbons (Fsp3) is 0.900. The SMILES string of the molecule is O=C(N[C@@H]1CCNC1)C1CCCOC1. The van der Waals surface area contributed by atoms with Crippen LogP contribution in [0.3, 0.4) is 0 Å². The molecule has 0 aromatic carbocycles. The van der Waals surface area contributed by atoms with Gasteiger partial charge >= 0.3 is 0 Å². The number of hydrogen-bond donors (Lipinski definition) is 2. The Morgan fingerprint density at radius 1 is 1.43 bits per heavy atom. The lowest BCUT2D eigenvalue weighted by atomic mass is 10.0. The smallest absolute Gasteiger partial charge is 0.225 e. The third kappa shape index (κ3) is 2.45. The van der Waals surface area contributed by atoms with Gasteiger partial charge in [-0.15, -0.1) is 0 Å². The van der Waals surface area contributed by atoms with Crippen molar-refractivity contribution in [1.82, 2.24) is 10.6 Å². The van der Waals surface area contributed by atoms with Gasteiger partial charge in [-0.05, 0) is 25.8 Å². The Labute approximate surface area is 84.4 Å². The van der Waals surface area contributed by atoms with Gasteiger partial charge in [0.1, 0.15) is 0 Å². The second-order valence-corrected chi connectivity index (χ2v) is 4.11. The lowest BCUT2D eigenvalue weighted by Gasteiger charge is -2.23. The van der Waals surface area contributed by atoms with E-state index in [0.29, 0.717) is 12.6 Å². The zero-order chi connectivity index (χ0) is 9.80. The fourth-order valence-corrected chi connectivity index (χ4v) is 2.04. The Hall–Kier alpha value is -0.610. The van der Waals surface area contributed by atoms with Gasteiger partial charge in [0.25, 0.3) is 0 Å². The molecule has 2 heterocycles. The van der Waals surface area contributed by atoms with Gasteiger partial charge < -0.3 is 15.4 Å². The largest absolute Gasteiger partial charge is 0.381 e. The number of carbonyl (C=O) groups is 1. The maximum Gasteiger partial charge on any atom is 0.225 e. The first kappa shape index (κ1) is 9.93. The molecule has 0 aromatic rings.